The van der Waals surface area contributed by atoms with Crippen LogP contribution in [0.4, 0.5) is 11.4 Å². The van der Waals surface area contributed by atoms with Gasteiger partial charge in [0.2, 0.25) is 0 Å². The quantitative estimate of drug-likeness (QED) is 0.747. The van der Waals surface area contributed by atoms with Crippen molar-refractivity contribution in [3.8, 4) is 0 Å². The Kier molecular flexibility index (Phi) is 3.70. The van der Waals surface area contributed by atoms with Gasteiger partial charge in [-0.3, -0.25) is 4.79 Å². The van der Waals surface area contributed by atoms with E-state index in [-0.39, 0.29) is 17.2 Å². The summed E-state index contributed by atoms with van der Waals surface area (Å²) in [5.74, 6) is -1.49. The van der Waals surface area contributed by atoms with E-state index in [4.69, 9.17) is 10.8 Å². The van der Waals surface area contributed by atoms with Crippen molar-refractivity contribution in [2.24, 2.45) is 0 Å². The van der Waals surface area contributed by atoms with Gasteiger partial charge in [0.05, 0.1) is 11.3 Å². The summed E-state index contributed by atoms with van der Waals surface area (Å²) in [5.41, 5.74) is 7.39. The van der Waals surface area contributed by atoms with E-state index < -0.39 is 5.97 Å². The first kappa shape index (κ1) is 13.6. The highest BCUT2D eigenvalue weighted by molar-refractivity contribution is 6.08. The average Bonchev–Trinajstić information content (AvgIpc) is 2.41. The molecular weight excluding hydrogens is 256 g/mol. The first-order valence-electron chi connectivity index (χ1n) is 5.99. The van der Waals surface area contributed by atoms with Gasteiger partial charge in [0.25, 0.3) is 5.91 Å². The molecule has 2 rings (SSSR count). The third-order valence-corrected chi connectivity index (χ3v) is 2.91. The molecule has 0 aliphatic carbocycles. The van der Waals surface area contributed by atoms with E-state index >= 15 is 0 Å². The van der Waals surface area contributed by atoms with E-state index in [0.29, 0.717) is 11.3 Å². The zero-order valence-electron chi connectivity index (χ0n) is 10.9. The van der Waals surface area contributed by atoms with E-state index in [9.17, 15) is 9.59 Å². The monoisotopic (exact) mass is 270 g/mol. The van der Waals surface area contributed by atoms with Gasteiger partial charge in [0.15, 0.2) is 0 Å². The maximum Gasteiger partial charge on any atom is 0.337 e. The second-order valence-corrected chi connectivity index (χ2v) is 4.38. The molecule has 2 aromatic carbocycles. The van der Waals surface area contributed by atoms with E-state index in [0.717, 1.165) is 5.56 Å². The number of carbonyl (C=O) groups excluding carboxylic acids is 1. The van der Waals surface area contributed by atoms with Crippen LogP contribution >= 0.6 is 0 Å². The van der Waals surface area contributed by atoms with Gasteiger partial charge in [-0.25, -0.2) is 4.79 Å². The van der Waals surface area contributed by atoms with Crippen LogP contribution in [0.1, 0.15) is 26.3 Å². The van der Waals surface area contributed by atoms with Gasteiger partial charge in [0.1, 0.15) is 0 Å². The van der Waals surface area contributed by atoms with Crippen LogP contribution in [0, 0.1) is 6.92 Å². The van der Waals surface area contributed by atoms with Gasteiger partial charge in [-0.1, -0.05) is 18.2 Å². The third kappa shape index (κ3) is 2.77. The number of carboxylic acid groups (broad SMARTS) is 1. The van der Waals surface area contributed by atoms with Crippen LogP contribution < -0.4 is 11.1 Å². The van der Waals surface area contributed by atoms with Crippen molar-refractivity contribution in [2.75, 3.05) is 11.1 Å². The zero-order chi connectivity index (χ0) is 14.7. The number of carboxylic acids is 1. The Morgan fingerprint density at radius 1 is 1.10 bits per heavy atom. The van der Waals surface area contributed by atoms with Crippen molar-refractivity contribution in [3.63, 3.8) is 0 Å². The van der Waals surface area contributed by atoms with Gasteiger partial charge in [-0.05, 0) is 36.8 Å². The Morgan fingerprint density at radius 3 is 2.45 bits per heavy atom. The van der Waals surface area contributed by atoms with Gasteiger partial charge >= 0.3 is 5.97 Å². The summed E-state index contributed by atoms with van der Waals surface area (Å²) in [5, 5.41) is 11.7. The molecule has 4 N–H and O–H groups in total. The number of hydrogen-bond donors (Lipinski definition) is 3. The van der Waals surface area contributed by atoms with Gasteiger partial charge in [-0.2, -0.15) is 0 Å². The molecule has 0 bridgehead atoms. The predicted molar refractivity (Wildman–Crippen MR) is 76.9 cm³/mol. The number of aromatic carboxylic acids is 1. The molecule has 1 amide bonds. The van der Waals surface area contributed by atoms with Crippen molar-refractivity contribution in [3.05, 3.63) is 59.2 Å². The van der Waals surface area contributed by atoms with Crippen molar-refractivity contribution in [2.45, 2.75) is 6.92 Å². The maximum atomic E-state index is 12.2. The Bertz CT molecular complexity index is 681. The van der Waals surface area contributed by atoms with Crippen LogP contribution in [0.15, 0.2) is 42.5 Å². The normalized spacial score (nSPS) is 10.1. The maximum absolute atomic E-state index is 12.2. The van der Waals surface area contributed by atoms with Crippen LogP contribution in [0.25, 0.3) is 0 Å². The fraction of sp³-hybridized carbons (Fsp3) is 0.0667. The highest BCUT2D eigenvalue weighted by atomic mass is 16.4. The van der Waals surface area contributed by atoms with E-state index in [1.165, 1.54) is 12.1 Å². The van der Waals surface area contributed by atoms with Crippen molar-refractivity contribution in [1.29, 1.82) is 0 Å². The molecule has 0 saturated carbocycles. The first-order valence-corrected chi connectivity index (χ1v) is 5.99. The number of rotatable bonds is 3. The Labute approximate surface area is 116 Å². The van der Waals surface area contributed by atoms with Crippen LogP contribution in [-0.2, 0) is 0 Å². The van der Waals surface area contributed by atoms with E-state index in [2.05, 4.69) is 5.32 Å². The molecule has 0 radical (unpaired) electrons. The lowest BCUT2D eigenvalue weighted by Gasteiger charge is -2.10. The van der Waals surface area contributed by atoms with Gasteiger partial charge < -0.3 is 16.2 Å². The summed E-state index contributed by atoms with van der Waals surface area (Å²) < 4.78 is 0. The molecule has 102 valence electrons. The number of aryl methyl sites for hydroxylation is 1. The van der Waals surface area contributed by atoms with Crippen molar-refractivity contribution in [1.82, 2.24) is 0 Å². The molecule has 0 aliphatic rings. The van der Waals surface area contributed by atoms with Crippen LogP contribution in [0.3, 0.4) is 0 Å². The summed E-state index contributed by atoms with van der Waals surface area (Å²) in [6, 6.07) is 11.4. The molecule has 0 atom stereocenters. The van der Waals surface area contributed by atoms with E-state index in [1.54, 1.807) is 18.2 Å². The predicted octanol–water partition coefficient (Wildman–Crippen LogP) is 2.53. The highest BCUT2D eigenvalue weighted by Gasteiger charge is 2.14. The third-order valence-electron chi connectivity index (χ3n) is 2.91. The van der Waals surface area contributed by atoms with Crippen molar-refractivity contribution >= 4 is 23.3 Å². The number of hydrogen-bond acceptors (Lipinski definition) is 3. The Morgan fingerprint density at radius 2 is 1.80 bits per heavy atom. The van der Waals surface area contributed by atoms with E-state index in [1.807, 2.05) is 19.1 Å². The molecule has 2 aromatic rings. The molecular formula is C15H14N2O3. The molecule has 0 unspecified atom stereocenters. The van der Waals surface area contributed by atoms with Crippen LogP contribution in [-0.4, -0.2) is 17.0 Å². The second-order valence-electron chi connectivity index (χ2n) is 4.38. The largest absolute Gasteiger partial charge is 0.478 e. The first-order chi connectivity index (χ1) is 9.49. The Hall–Kier alpha value is -2.82. The standard InChI is InChI=1S/C15H14N2O3/c1-9-4-2-3-5-11(9)14(18)17-13-7-6-10(16)8-12(13)15(19)20/h2-8H,16H2,1H3,(H,17,18)(H,19,20). The number of carbonyl (C=O) groups is 2. The lowest BCUT2D eigenvalue weighted by atomic mass is 10.1. The number of nitrogen functional groups attached to an aromatic ring is 1. The molecule has 5 heteroatoms. The molecule has 0 spiro atoms. The lowest BCUT2D eigenvalue weighted by Crippen LogP contribution is -2.16. The molecule has 0 aromatic heterocycles. The highest BCUT2D eigenvalue weighted by Crippen LogP contribution is 2.20. The van der Waals surface area contributed by atoms with Crippen LogP contribution in [0.2, 0.25) is 0 Å². The smallest absolute Gasteiger partial charge is 0.337 e. The molecule has 20 heavy (non-hydrogen) atoms. The lowest BCUT2D eigenvalue weighted by molar-refractivity contribution is 0.0698. The molecule has 0 heterocycles. The molecule has 0 aliphatic heterocycles. The summed E-state index contributed by atoms with van der Waals surface area (Å²) in [7, 11) is 0. The Balaban J connectivity index is 2.33. The summed E-state index contributed by atoms with van der Waals surface area (Å²) in [6.45, 7) is 1.82. The second kappa shape index (κ2) is 5.44. The van der Waals surface area contributed by atoms with Crippen LogP contribution in [0.5, 0.6) is 0 Å². The summed E-state index contributed by atoms with van der Waals surface area (Å²) in [4.78, 5) is 23.3. The minimum Gasteiger partial charge on any atom is -0.478 e. The number of nitrogens with one attached hydrogen (secondary N) is 1. The topological polar surface area (TPSA) is 92.4 Å². The summed E-state index contributed by atoms with van der Waals surface area (Å²) >= 11 is 0. The number of nitrogens with two attached hydrogens (primary N) is 1. The van der Waals surface area contributed by atoms with Gasteiger partial charge in [0, 0.05) is 11.3 Å². The summed E-state index contributed by atoms with van der Waals surface area (Å²) in [6.07, 6.45) is 0. The minimum absolute atomic E-state index is 0.0352. The average molecular weight is 270 g/mol. The number of benzene rings is 2. The van der Waals surface area contributed by atoms with Gasteiger partial charge in [-0.15, -0.1) is 0 Å². The number of amides is 1. The fourth-order valence-corrected chi connectivity index (χ4v) is 1.87. The number of anilines is 2. The zero-order valence-corrected chi connectivity index (χ0v) is 10.9. The fourth-order valence-electron chi connectivity index (χ4n) is 1.87. The molecule has 5 nitrogen and oxygen atoms in total. The minimum atomic E-state index is -1.14. The van der Waals surface area contributed by atoms with Crippen molar-refractivity contribution < 1.29 is 14.7 Å². The SMILES string of the molecule is Cc1ccccc1C(=O)Nc1ccc(N)cc1C(=O)O. The molecule has 0 fully saturated rings. The molecule has 0 saturated heterocycles.